The van der Waals surface area contributed by atoms with E-state index in [1.165, 1.54) is 0 Å². The number of aryl methyl sites for hydroxylation is 1. The van der Waals surface area contributed by atoms with E-state index in [4.69, 9.17) is 16.9 Å². The summed E-state index contributed by atoms with van der Waals surface area (Å²) in [5.74, 6) is -0.444. The van der Waals surface area contributed by atoms with Crippen molar-refractivity contribution >= 4 is 29.3 Å². The lowest BCUT2D eigenvalue weighted by molar-refractivity contribution is -0.112. The van der Waals surface area contributed by atoms with Gasteiger partial charge in [-0.15, -0.1) is 0 Å². The monoisotopic (exact) mass is 296 g/mol. The molecule has 0 aliphatic rings. The largest absolute Gasteiger partial charge is 0.321 e. The van der Waals surface area contributed by atoms with E-state index in [2.05, 4.69) is 5.32 Å². The molecule has 0 aromatic heterocycles. The van der Waals surface area contributed by atoms with Crippen LogP contribution in [0.25, 0.3) is 6.08 Å². The molecule has 0 saturated carbocycles. The van der Waals surface area contributed by atoms with E-state index in [-0.39, 0.29) is 5.57 Å². The molecule has 104 valence electrons. The number of nitriles is 1. The molecule has 0 unspecified atom stereocenters. The van der Waals surface area contributed by atoms with Crippen LogP contribution >= 0.6 is 11.6 Å². The van der Waals surface area contributed by atoms with Crippen molar-refractivity contribution in [2.45, 2.75) is 6.92 Å². The topological polar surface area (TPSA) is 52.9 Å². The van der Waals surface area contributed by atoms with Gasteiger partial charge in [0.15, 0.2) is 0 Å². The van der Waals surface area contributed by atoms with Gasteiger partial charge in [-0.3, -0.25) is 4.79 Å². The number of amides is 1. The lowest BCUT2D eigenvalue weighted by Gasteiger charge is -2.04. The summed E-state index contributed by atoms with van der Waals surface area (Å²) >= 11 is 5.78. The average molecular weight is 297 g/mol. The SMILES string of the molecule is Cc1ccc(/C=C(/C#N)C(=O)Nc2ccc(Cl)cc2)cc1. The van der Waals surface area contributed by atoms with Gasteiger partial charge in [-0.1, -0.05) is 41.4 Å². The van der Waals surface area contributed by atoms with Crippen molar-refractivity contribution in [3.63, 3.8) is 0 Å². The molecule has 21 heavy (non-hydrogen) atoms. The zero-order valence-corrected chi connectivity index (χ0v) is 12.2. The highest BCUT2D eigenvalue weighted by Crippen LogP contribution is 2.15. The van der Waals surface area contributed by atoms with Crippen molar-refractivity contribution in [2.24, 2.45) is 0 Å². The number of hydrogen-bond donors (Lipinski definition) is 1. The number of hydrogen-bond acceptors (Lipinski definition) is 2. The minimum absolute atomic E-state index is 0.0498. The van der Waals surface area contributed by atoms with E-state index < -0.39 is 5.91 Å². The molecule has 2 rings (SSSR count). The standard InChI is InChI=1S/C17H13ClN2O/c1-12-2-4-13(5-3-12)10-14(11-19)17(21)20-16-8-6-15(18)7-9-16/h2-10H,1H3,(H,20,21)/b14-10-. The zero-order chi connectivity index (χ0) is 15.2. The molecule has 0 fully saturated rings. The van der Waals surface area contributed by atoms with Crippen LogP contribution in [0.5, 0.6) is 0 Å². The van der Waals surface area contributed by atoms with Gasteiger partial charge in [0.05, 0.1) is 0 Å². The summed E-state index contributed by atoms with van der Waals surface area (Å²) < 4.78 is 0. The molecule has 0 aliphatic heterocycles. The van der Waals surface area contributed by atoms with Gasteiger partial charge in [0, 0.05) is 10.7 Å². The van der Waals surface area contributed by atoms with Crippen LogP contribution in [0.3, 0.4) is 0 Å². The predicted molar refractivity (Wildman–Crippen MR) is 84.9 cm³/mol. The maximum atomic E-state index is 12.1. The number of nitrogens with zero attached hydrogens (tertiary/aromatic N) is 1. The van der Waals surface area contributed by atoms with Crippen LogP contribution in [0.2, 0.25) is 5.02 Å². The van der Waals surface area contributed by atoms with Gasteiger partial charge in [0.25, 0.3) is 5.91 Å². The van der Waals surface area contributed by atoms with Crippen molar-refractivity contribution in [1.82, 2.24) is 0 Å². The molecular weight excluding hydrogens is 284 g/mol. The smallest absolute Gasteiger partial charge is 0.266 e. The lowest BCUT2D eigenvalue weighted by Crippen LogP contribution is -2.13. The van der Waals surface area contributed by atoms with E-state index in [1.807, 2.05) is 37.3 Å². The third-order valence-corrected chi connectivity index (χ3v) is 3.11. The fourth-order valence-corrected chi connectivity index (χ4v) is 1.84. The first kappa shape index (κ1) is 14.8. The number of carbonyl (C=O) groups is 1. The molecule has 1 N–H and O–H groups in total. The number of benzene rings is 2. The van der Waals surface area contributed by atoms with Gasteiger partial charge in [0.1, 0.15) is 11.6 Å². The summed E-state index contributed by atoms with van der Waals surface area (Å²) in [6.45, 7) is 1.98. The normalized spacial score (nSPS) is 10.8. The Balaban J connectivity index is 2.17. The van der Waals surface area contributed by atoms with Gasteiger partial charge in [-0.05, 0) is 42.8 Å². The second-order valence-electron chi connectivity index (χ2n) is 4.54. The second kappa shape index (κ2) is 6.74. The van der Waals surface area contributed by atoms with Crippen LogP contribution in [-0.4, -0.2) is 5.91 Å². The Kier molecular flexibility index (Phi) is 4.76. The summed E-state index contributed by atoms with van der Waals surface area (Å²) in [7, 11) is 0. The average Bonchev–Trinajstić information content (AvgIpc) is 2.49. The van der Waals surface area contributed by atoms with Crippen molar-refractivity contribution in [2.75, 3.05) is 5.32 Å². The maximum absolute atomic E-state index is 12.1. The number of rotatable bonds is 3. The number of nitrogens with one attached hydrogen (secondary N) is 1. The Morgan fingerprint density at radius 1 is 1.14 bits per heavy atom. The van der Waals surface area contributed by atoms with Gasteiger partial charge < -0.3 is 5.32 Å². The summed E-state index contributed by atoms with van der Waals surface area (Å²) in [4.78, 5) is 12.1. The minimum Gasteiger partial charge on any atom is -0.321 e. The molecule has 0 aliphatic carbocycles. The van der Waals surface area contributed by atoms with Gasteiger partial charge in [-0.2, -0.15) is 5.26 Å². The molecule has 3 nitrogen and oxygen atoms in total. The number of halogens is 1. The van der Waals surface area contributed by atoms with Crippen LogP contribution in [0, 0.1) is 18.3 Å². The molecule has 0 radical (unpaired) electrons. The fourth-order valence-electron chi connectivity index (χ4n) is 1.71. The molecule has 2 aromatic carbocycles. The first-order chi connectivity index (χ1) is 10.1. The fraction of sp³-hybridized carbons (Fsp3) is 0.0588. The highest BCUT2D eigenvalue weighted by Gasteiger charge is 2.09. The van der Waals surface area contributed by atoms with E-state index in [0.717, 1.165) is 11.1 Å². The van der Waals surface area contributed by atoms with Gasteiger partial charge >= 0.3 is 0 Å². The van der Waals surface area contributed by atoms with Crippen LogP contribution in [0.4, 0.5) is 5.69 Å². The van der Waals surface area contributed by atoms with E-state index >= 15 is 0 Å². The highest BCUT2D eigenvalue weighted by atomic mass is 35.5. The van der Waals surface area contributed by atoms with Gasteiger partial charge in [0.2, 0.25) is 0 Å². The van der Waals surface area contributed by atoms with Crippen LogP contribution < -0.4 is 5.32 Å². The summed E-state index contributed by atoms with van der Waals surface area (Å²) in [5.41, 5.74) is 2.57. The molecule has 0 saturated heterocycles. The summed E-state index contributed by atoms with van der Waals surface area (Å²) in [6.07, 6.45) is 1.56. The molecule has 1 amide bonds. The van der Waals surface area contributed by atoms with Crippen molar-refractivity contribution in [3.05, 3.63) is 70.3 Å². The van der Waals surface area contributed by atoms with Crippen LogP contribution in [-0.2, 0) is 4.79 Å². The van der Waals surface area contributed by atoms with Crippen molar-refractivity contribution in [1.29, 1.82) is 5.26 Å². The second-order valence-corrected chi connectivity index (χ2v) is 4.98. The third kappa shape index (κ3) is 4.20. The molecule has 0 spiro atoms. The molecule has 0 bridgehead atoms. The first-order valence-corrected chi connectivity index (χ1v) is 6.71. The van der Waals surface area contributed by atoms with E-state index in [1.54, 1.807) is 30.3 Å². The molecule has 2 aromatic rings. The Morgan fingerprint density at radius 3 is 2.33 bits per heavy atom. The Labute approximate surface area is 128 Å². The Hall–Kier alpha value is -2.57. The number of anilines is 1. The lowest BCUT2D eigenvalue weighted by atomic mass is 10.1. The first-order valence-electron chi connectivity index (χ1n) is 6.34. The quantitative estimate of drug-likeness (QED) is 0.682. The van der Waals surface area contributed by atoms with Crippen LogP contribution in [0.1, 0.15) is 11.1 Å². The Morgan fingerprint density at radius 2 is 1.76 bits per heavy atom. The molecule has 0 heterocycles. The van der Waals surface area contributed by atoms with Gasteiger partial charge in [-0.25, -0.2) is 0 Å². The Bertz CT molecular complexity index is 710. The van der Waals surface area contributed by atoms with Crippen molar-refractivity contribution in [3.8, 4) is 6.07 Å². The van der Waals surface area contributed by atoms with Crippen molar-refractivity contribution < 1.29 is 4.79 Å². The highest BCUT2D eigenvalue weighted by molar-refractivity contribution is 6.30. The minimum atomic E-state index is -0.444. The molecular formula is C17H13ClN2O. The van der Waals surface area contributed by atoms with Crippen LogP contribution in [0.15, 0.2) is 54.1 Å². The zero-order valence-electron chi connectivity index (χ0n) is 11.4. The summed E-state index contributed by atoms with van der Waals surface area (Å²) in [5, 5.41) is 12.4. The summed E-state index contributed by atoms with van der Waals surface area (Å²) in [6, 6.07) is 16.2. The maximum Gasteiger partial charge on any atom is 0.266 e. The molecule has 0 atom stereocenters. The molecule has 4 heteroatoms. The van der Waals surface area contributed by atoms with E-state index in [9.17, 15) is 4.79 Å². The van der Waals surface area contributed by atoms with E-state index in [0.29, 0.717) is 10.7 Å². The third-order valence-electron chi connectivity index (χ3n) is 2.86. The number of carbonyl (C=O) groups excluding carboxylic acids is 1. The predicted octanol–water partition coefficient (Wildman–Crippen LogP) is 4.19.